The topological polar surface area (TPSA) is 115 Å². The maximum atomic E-state index is 10.7. The molecule has 0 saturated carbocycles. The van der Waals surface area contributed by atoms with Gasteiger partial charge in [0.1, 0.15) is 22.7 Å². The molecular weight excluding hydrogens is 418 g/mol. The molecule has 0 radical (unpaired) electrons. The van der Waals surface area contributed by atoms with E-state index in [2.05, 4.69) is 36.9 Å². The highest BCUT2D eigenvalue weighted by molar-refractivity contribution is 9.09. The molecule has 0 aromatic carbocycles. The summed E-state index contributed by atoms with van der Waals surface area (Å²) in [5.74, 6) is 2.11. The number of carbonyl (C=O) groups is 2. The van der Waals surface area contributed by atoms with E-state index in [1.54, 1.807) is 38.6 Å². The van der Waals surface area contributed by atoms with Gasteiger partial charge in [0.05, 0.1) is 19.7 Å². The lowest BCUT2D eigenvalue weighted by Gasteiger charge is -2.11. The Bertz CT molecular complexity index is 610. The first-order valence-electron chi connectivity index (χ1n) is 8.22. The summed E-state index contributed by atoms with van der Waals surface area (Å²) < 4.78 is 5.89. The van der Waals surface area contributed by atoms with Gasteiger partial charge < -0.3 is 14.9 Å². The summed E-state index contributed by atoms with van der Waals surface area (Å²) in [6.07, 6.45) is 7.36. The Morgan fingerprint density at radius 3 is 2.07 bits per heavy atom. The van der Waals surface area contributed by atoms with Crippen molar-refractivity contribution in [2.24, 2.45) is 0 Å². The Kier molecular flexibility index (Phi) is 13.6. The van der Waals surface area contributed by atoms with Gasteiger partial charge in [-0.3, -0.25) is 14.3 Å². The second kappa shape index (κ2) is 13.4. The number of nitrogens with zero attached hydrogens (tertiary/aromatic N) is 3. The van der Waals surface area contributed by atoms with Crippen LogP contribution in [0, 0.1) is 12.3 Å². The van der Waals surface area contributed by atoms with E-state index in [1.165, 1.54) is 14.0 Å². The van der Waals surface area contributed by atoms with Crippen molar-refractivity contribution < 1.29 is 24.5 Å². The molecule has 1 heterocycles. The van der Waals surface area contributed by atoms with E-state index in [1.807, 2.05) is 0 Å². The number of aliphatic hydroxyl groups is 2. The van der Waals surface area contributed by atoms with Crippen LogP contribution in [0.15, 0.2) is 6.20 Å². The van der Waals surface area contributed by atoms with E-state index < -0.39 is 11.2 Å². The number of halogens is 1. The first kappa shape index (κ1) is 27.5. The van der Waals surface area contributed by atoms with Crippen molar-refractivity contribution in [3.63, 3.8) is 0 Å². The van der Waals surface area contributed by atoms with Crippen molar-refractivity contribution in [3.05, 3.63) is 11.9 Å². The van der Waals surface area contributed by atoms with E-state index in [4.69, 9.17) is 11.5 Å². The van der Waals surface area contributed by atoms with Gasteiger partial charge in [-0.1, -0.05) is 27.1 Å². The predicted molar refractivity (Wildman–Crippen MR) is 106 cm³/mol. The molecule has 8 nitrogen and oxygen atoms in total. The SMILES string of the molecule is C#CC(C)(C)O.CC(=O)CCn1cc(C(C)(C)O)nn1.COC(=O)CCBr. The van der Waals surface area contributed by atoms with E-state index in [9.17, 15) is 14.7 Å². The molecule has 0 fully saturated rings. The minimum atomic E-state index is -0.978. The molecule has 2 N–H and O–H groups in total. The van der Waals surface area contributed by atoms with E-state index in [-0.39, 0.29) is 11.8 Å². The van der Waals surface area contributed by atoms with Gasteiger partial charge in [0.25, 0.3) is 0 Å². The first-order valence-corrected chi connectivity index (χ1v) is 9.34. The molecule has 0 atom stereocenters. The first-order chi connectivity index (χ1) is 12.3. The van der Waals surface area contributed by atoms with Gasteiger partial charge in [-0.25, -0.2) is 0 Å². The van der Waals surface area contributed by atoms with Crippen LogP contribution >= 0.6 is 15.9 Å². The highest BCUT2D eigenvalue weighted by Crippen LogP contribution is 2.15. The van der Waals surface area contributed by atoms with Crippen LogP contribution in [-0.4, -0.2) is 55.0 Å². The molecule has 0 unspecified atom stereocenters. The molecule has 154 valence electrons. The van der Waals surface area contributed by atoms with Gasteiger partial charge in [0, 0.05) is 18.3 Å². The second-order valence-electron chi connectivity index (χ2n) is 6.60. The van der Waals surface area contributed by atoms with Crippen molar-refractivity contribution in [1.82, 2.24) is 15.0 Å². The summed E-state index contributed by atoms with van der Waals surface area (Å²) in [7, 11) is 1.38. The van der Waals surface area contributed by atoms with Crippen LogP contribution < -0.4 is 0 Å². The largest absolute Gasteiger partial charge is 0.469 e. The molecule has 1 aromatic rings. The minimum absolute atomic E-state index is 0.116. The number of hydrogen-bond donors (Lipinski definition) is 2. The fourth-order valence-electron chi connectivity index (χ4n) is 1.14. The third-order valence-corrected chi connectivity index (χ3v) is 3.13. The number of rotatable bonds is 6. The lowest BCUT2D eigenvalue weighted by atomic mass is 10.1. The zero-order valence-electron chi connectivity index (χ0n) is 16.8. The molecule has 27 heavy (non-hydrogen) atoms. The van der Waals surface area contributed by atoms with Crippen LogP contribution in [0.5, 0.6) is 0 Å². The Balaban J connectivity index is 0. The monoisotopic (exact) mass is 447 g/mol. The number of methoxy groups -OCH3 is 1. The van der Waals surface area contributed by atoms with Gasteiger partial charge in [-0.05, 0) is 34.6 Å². The number of aryl methyl sites for hydroxylation is 1. The summed E-state index contributed by atoms with van der Waals surface area (Å²) in [6, 6.07) is 0. The molecule has 1 rings (SSSR count). The zero-order chi connectivity index (χ0) is 21.7. The fourth-order valence-corrected chi connectivity index (χ4v) is 1.46. The smallest absolute Gasteiger partial charge is 0.306 e. The van der Waals surface area contributed by atoms with E-state index in [0.717, 1.165) is 0 Å². The molecule has 0 amide bonds. The van der Waals surface area contributed by atoms with Crippen molar-refractivity contribution in [1.29, 1.82) is 0 Å². The Morgan fingerprint density at radius 1 is 1.30 bits per heavy atom. The summed E-state index contributed by atoms with van der Waals surface area (Å²) in [5.41, 5.74) is -1.39. The zero-order valence-corrected chi connectivity index (χ0v) is 18.4. The molecule has 9 heteroatoms. The molecule has 0 aliphatic heterocycles. The maximum absolute atomic E-state index is 10.7. The van der Waals surface area contributed by atoms with Crippen molar-refractivity contribution >= 4 is 27.7 Å². The Morgan fingerprint density at radius 2 is 1.81 bits per heavy atom. The molecule has 0 bridgehead atoms. The van der Waals surface area contributed by atoms with Crippen LogP contribution in [0.25, 0.3) is 0 Å². The number of ketones is 1. The van der Waals surface area contributed by atoms with Gasteiger partial charge in [-0.2, -0.15) is 0 Å². The molecule has 0 saturated heterocycles. The Labute approximate surface area is 169 Å². The average molecular weight is 448 g/mol. The van der Waals surface area contributed by atoms with Gasteiger partial charge in [0.15, 0.2) is 0 Å². The van der Waals surface area contributed by atoms with Crippen molar-refractivity contribution in [2.45, 2.75) is 65.2 Å². The quantitative estimate of drug-likeness (QED) is 0.388. The van der Waals surface area contributed by atoms with Crippen LogP contribution in [0.2, 0.25) is 0 Å². The molecule has 1 aromatic heterocycles. The highest BCUT2D eigenvalue weighted by atomic mass is 79.9. The maximum Gasteiger partial charge on any atom is 0.306 e. The fraction of sp³-hybridized carbons (Fsp3) is 0.667. The lowest BCUT2D eigenvalue weighted by molar-refractivity contribution is -0.140. The van der Waals surface area contributed by atoms with Crippen LogP contribution in [-0.2, 0) is 26.5 Å². The van der Waals surface area contributed by atoms with Crippen LogP contribution in [0.1, 0.15) is 53.2 Å². The standard InChI is InChI=1S/C9H15N3O2.C5H8O.C4H7BrO2/c1-7(13)4-5-12-6-8(10-11-12)9(2,3)14;1-4-5(2,3)6;1-7-4(6)2-3-5/h6,14H,4-5H2,1-3H3;1,6H,2-3H3;2-3H2,1H3. The third kappa shape index (κ3) is 17.4. The molecule has 0 aliphatic rings. The molecule has 0 aliphatic carbocycles. The predicted octanol–water partition coefficient (Wildman–Crippen LogP) is 1.82. The summed E-state index contributed by atoms with van der Waals surface area (Å²) >= 11 is 3.09. The average Bonchev–Trinajstić information content (AvgIpc) is 3.03. The minimum Gasteiger partial charge on any atom is -0.469 e. The normalized spacial score (nSPS) is 10.5. The van der Waals surface area contributed by atoms with E-state index >= 15 is 0 Å². The third-order valence-electron chi connectivity index (χ3n) is 2.74. The number of ether oxygens (including phenoxy) is 1. The summed E-state index contributed by atoms with van der Waals surface area (Å²) in [6.45, 7) is 8.46. The summed E-state index contributed by atoms with van der Waals surface area (Å²) in [5, 5.41) is 26.5. The molecule has 0 spiro atoms. The van der Waals surface area contributed by atoms with Crippen LogP contribution in [0.3, 0.4) is 0 Å². The lowest BCUT2D eigenvalue weighted by Crippen LogP contribution is -2.15. The van der Waals surface area contributed by atoms with Crippen molar-refractivity contribution in [2.75, 3.05) is 12.4 Å². The second-order valence-corrected chi connectivity index (χ2v) is 7.39. The van der Waals surface area contributed by atoms with Crippen LogP contribution in [0.4, 0.5) is 0 Å². The van der Waals surface area contributed by atoms with Gasteiger partial charge in [-0.15, -0.1) is 11.5 Å². The Hall–Kier alpha value is -1.76. The number of hydrogen-bond acceptors (Lipinski definition) is 7. The van der Waals surface area contributed by atoms with Gasteiger partial charge in [0.2, 0.25) is 0 Å². The highest BCUT2D eigenvalue weighted by Gasteiger charge is 2.19. The number of esters is 1. The number of Topliss-reactive ketones (excluding diaryl/α,β-unsaturated/α-hetero) is 1. The number of alkyl halides is 1. The van der Waals surface area contributed by atoms with Crippen molar-refractivity contribution in [3.8, 4) is 12.3 Å². The summed E-state index contributed by atoms with van der Waals surface area (Å²) in [4.78, 5) is 20.9. The number of terminal acetylenes is 1. The molecular formula is C18H30BrN3O5. The van der Waals surface area contributed by atoms with Gasteiger partial charge >= 0.3 is 5.97 Å². The van der Waals surface area contributed by atoms with E-state index in [0.29, 0.717) is 30.4 Å². The number of aromatic nitrogens is 3. The number of carbonyl (C=O) groups excluding carboxylic acids is 2.